The van der Waals surface area contributed by atoms with Crippen LogP contribution in [0.5, 0.6) is 0 Å². The molecule has 1 aromatic heterocycles. The Morgan fingerprint density at radius 1 is 1.19 bits per heavy atom. The molecule has 0 atom stereocenters. The highest BCUT2D eigenvalue weighted by molar-refractivity contribution is 5.90. The lowest BCUT2D eigenvalue weighted by Crippen LogP contribution is -2.13. The molecule has 0 saturated carbocycles. The maximum absolute atomic E-state index is 11.9. The minimum Gasteiger partial charge on any atom is -0.460 e. The zero-order valence-corrected chi connectivity index (χ0v) is 12.0. The molecule has 1 aromatic carbocycles. The second kappa shape index (κ2) is 8.11. The Hall–Kier alpha value is -2.27. The van der Waals surface area contributed by atoms with E-state index in [9.17, 15) is 4.79 Å². The van der Waals surface area contributed by atoms with Crippen molar-refractivity contribution in [2.75, 3.05) is 13.2 Å². The molecule has 0 fully saturated rings. The third-order valence-corrected chi connectivity index (χ3v) is 2.92. The first-order valence-electron chi connectivity index (χ1n) is 6.89. The van der Waals surface area contributed by atoms with Crippen LogP contribution in [0.4, 0.5) is 0 Å². The van der Waals surface area contributed by atoms with Gasteiger partial charge < -0.3 is 9.47 Å². The van der Waals surface area contributed by atoms with Crippen molar-refractivity contribution in [2.24, 2.45) is 0 Å². The van der Waals surface area contributed by atoms with E-state index in [1.54, 1.807) is 0 Å². The zero-order valence-electron chi connectivity index (χ0n) is 12.0. The van der Waals surface area contributed by atoms with Gasteiger partial charge in [-0.25, -0.2) is 14.8 Å². The van der Waals surface area contributed by atoms with Gasteiger partial charge in [0.1, 0.15) is 12.9 Å². The Balaban J connectivity index is 1.72. The van der Waals surface area contributed by atoms with Crippen molar-refractivity contribution in [3.05, 3.63) is 59.7 Å². The number of carbonyl (C=O) groups is 1. The number of hydrogen-bond acceptors (Lipinski definition) is 5. The lowest BCUT2D eigenvalue weighted by molar-refractivity contribution is 0.0286. The van der Waals surface area contributed by atoms with Crippen molar-refractivity contribution in [1.82, 2.24) is 9.97 Å². The van der Waals surface area contributed by atoms with Gasteiger partial charge in [-0.2, -0.15) is 0 Å². The Labute approximate surface area is 124 Å². The summed E-state index contributed by atoms with van der Waals surface area (Å²) in [6.45, 7) is 3.01. The van der Waals surface area contributed by atoms with Gasteiger partial charge in [-0.05, 0) is 12.0 Å². The van der Waals surface area contributed by atoms with Crippen molar-refractivity contribution >= 4 is 5.97 Å². The number of benzene rings is 1. The summed E-state index contributed by atoms with van der Waals surface area (Å²) in [6, 6.07) is 9.85. The van der Waals surface area contributed by atoms with Crippen molar-refractivity contribution in [2.45, 2.75) is 20.0 Å². The third kappa shape index (κ3) is 4.65. The van der Waals surface area contributed by atoms with Gasteiger partial charge in [0.2, 0.25) is 0 Å². The number of rotatable bonds is 7. The van der Waals surface area contributed by atoms with Crippen LogP contribution in [0.3, 0.4) is 0 Å². The van der Waals surface area contributed by atoms with Crippen LogP contribution >= 0.6 is 0 Å². The fourth-order valence-electron chi connectivity index (χ4n) is 1.84. The normalized spacial score (nSPS) is 10.3. The van der Waals surface area contributed by atoms with Crippen LogP contribution in [-0.4, -0.2) is 29.2 Å². The molecule has 5 nitrogen and oxygen atoms in total. The molecule has 21 heavy (non-hydrogen) atoms. The predicted molar refractivity (Wildman–Crippen MR) is 77.8 cm³/mol. The first-order chi connectivity index (χ1) is 10.3. The van der Waals surface area contributed by atoms with Crippen molar-refractivity contribution in [3.63, 3.8) is 0 Å². The summed E-state index contributed by atoms with van der Waals surface area (Å²) >= 11 is 0. The standard InChI is InChI=1S/C16H18N2O3/c1-2-15-14(10-17-12-18-15)16(19)21-9-8-20-11-13-6-4-3-5-7-13/h3-7,10,12H,2,8-9,11H2,1H3. The lowest BCUT2D eigenvalue weighted by Gasteiger charge is -2.08. The van der Waals surface area contributed by atoms with Gasteiger partial charge in [-0.3, -0.25) is 0 Å². The van der Waals surface area contributed by atoms with E-state index in [1.165, 1.54) is 12.5 Å². The summed E-state index contributed by atoms with van der Waals surface area (Å²) in [5.74, 6) is -0.407. The van der Waals surface area contributed by atoms with Gasteiger partial charge >= 0.3 is 5.97 Å². The van der Waals surface area contributed by atoms with Gasteiger partial charge in [0, 0.05) is 6.20 Å². The average molecular weight is 286 g/mol. The second-order valence-electron chi connectivity index (χ2n) is 4.41. The molecule has 0 aliphatic heterocycles. The molecule has 0 aliphatic carbocycles. The largest absolute Gasteiger partial charge is 0.460 e. The van der Waals surface area contributed by atoms with E-state index < -0.39 is 5.97 Å². The molecular weight excluding hydrogens is 268 g/mol. The fourth-order valence-corrected chi connectivity index (χ4v) is 1.84. The number of ether oxygens (including phenoxy) is 2. The Morgan fingerprint density at radius 3 is 2.76 bits per heavy atom. The first-order valence-corrected chi connectivity index (χ1v) is 6.89. The first kappa shape index (κ1) is 15.1. The van der Waals surface area contributed by atoms with Gasteiger partial charge in [-0.1, -0.05) is 37.3 Å². The summed E-state index contributed by atoms with van der Waals surface area (Å²) in [7, 11) is 0. The predicted octanol–water partition coefficient (Wildman–Crippen LogP) is 2.41. The Morgan fingerprint density at radius 2 is 2.00 bits per heavy atom. The zero-order chi connectivity index (χ0) is 14.9. The van der Waals surface area contributed by atoms with E-state index in [0.717, 1.165) is 5.56 Å². The summed E-state index contributed by atoms with van der Waals surface area (Å²) < 4.78 is 10.6. The van der Waals surface area contributed by atoms with Gasteiger partial charge in [-0.15, -0.1) is 0 Å². The van der Waals surface area contributed by atoms with Crippen molar-refractivity contribution in [1.29, 1.82) is 0 Å². The topological polar surface area (TPSA) is 61.3 Å². The summed E-state index contributed by atoms with van der Waals surface area (Å²) in [5.41, 5.74) is 2.21. The molecule has 2 rings (SSSR count). The van der Waals surface area contributed by atoms with Crippen LogP contribution in [0.15, 0.2) is 42.9 Å². The van der Waals surface area contributed by atoms with Gasteiger partial charge in [0.05, 0.1) is 24.5 Å². The van der Waals surface area contributed by atoms with E-state index >= 15 is 0 Å². The molecule has 0 aliphatic rings. The van der Waals surface area contributed by atoms with E-state index in [4.69, 9.17) is 9.47 Å². The fraction of sp³-hybridized carbons (Fsp3) is 0.312. The maximum atomic E-state index is 11.9. The van der Waals surface area contributed by atoms with Crippen LogP contribution in [-0.2, 0) is 22.5 Å². The van der Waals surface area contributed by atoms with E-state index in [0.29, 0.717) is 30.9 Å². The third-order valence-electron chi connectivity index (χ3n) is 2.92. The number of nitrogens with zero attached hydrogens (tertiary/aromatic N) is 2. The number of aromatic nitrogens is 2. The molecule has 0 unspecified atom stereocenters. The molecule has 0 saturated heterocycles. The number of esters is 1. The van der Waals surface area contributed by atoms with Crippen LogP contribution in [0.2, 0.25) is 0 Å². The molecule has 110 valence electrons. The minimum atomic E-state index is -0.407. The highest BCUT2D eigenvalue weighted by Crippen LogP contribution is 2.06. The van der Waals surface area contributed by atoms with Crippen molar-refractivity contribution in [3.8, 4) is 0 Å². The molecule has 0 N–H and O–H groups in total. The number of aryl methyl sites for hydroxylation is 1. The van der Waals surface area contributed by atoms with Gasteiger partial charge in [0.15, 0.2) is 0 Å². The molecule has 0 radical (unpaired) electrons. The van der Waals surface area contributed by atoms with Crippen LogP contribution < -0.4 is 0 Å². The smallest absolute Gasteiger partial charge is 0.341 e. The highest BCUT2D eigenvalue weighted by atomic mass is 16.6. The van der Waals surface area contributed by atoms with E-state index in [1.807, 2.05) is 37.3 Å². The van der Waals surface area contributed by atoms with E-state index in [-0.39, 0.29) is 6.61 Å². The van der Waals surface area contributed by atoms with Crippen LogP contribution in [0.25, 0.3) is 0 Å². The van der Waals surface area contributed by atoms with Crippen molar-refractivity contribution < 1.29 is 14.3 Å². The maximum Gasteiger partial charge on any atom is 0.341 e. The highest BCUT2D eigenvalue weighted by Gasteiger charge is 2.12. The van der Waals surface area contributed by atoms with Gasteiger partial charge in [0.25, 0.3) is 0 Å². The van der Waals surface area contributed by atoms with E-state index in [2.05, 4.69) is 9.97 Å². The van der Waals surface area contributed by atoms with Crippen LogP contribution in [0.1, 0.15) is 28.5 Å². The molecule has 0 amide bonds. The SMILES string of the molecule is CCc1ncncc1C(=O)OCCOCc1ccccc1. The monoisotopic (exact) mass is 286 g/mol. The second-order valence-corrected chi connectivity index (χ2v) is 4.41. The lowest BCUT2D eigenvalue weighted by atomic mass is 10.2. The minimum absolute atomic E-state index is 0.212. The molecule has 5 heteroatoms. The summed E-state index contributed by atoms with van der Waals surface area (Å²) in [6.07, 6.45) is 3.58. The molecule has 2 aromatic rings. The molecule has 0 bridgehead atoms. The number of carbonyl (C=O) groups excluding carboxylic acids is 1. The summed E-state index contributed by atoms with van der Waals surface area (Å²) in [4.78, 5) is 19.8. The Bertz CT molecular complexity index is 573. The molecule has 0 spiro atoms. The number of hydrogen-bond donors (Lipinski definition) is 0. The molecular formula is C16H18N2O3. The van der Waals surface area contributed by atoms with Crippen LogP contribution in [0, 0.1) is 0 Å². The average Bonchev–Trinajstić information content (AvgIpc) is 2.55. The summed E-state index contributed by atoms with van der Waals surface area (Å²) in [5, 5.41) is 0. The quantitative estimate of drug-likeness (QED) is 0.578. The Kier molecular flexibility index (Phi) is 5.84. The molecule has 1 heterocycles.